The van der Waals surface area contributed by atoms with E-state index in [1.54, 1.807) is 12.4 Å². The van der Waals surface area contributed by atoms with Crippen molar-refractivity contribution in [3.63, 3.8) is 0 Å². The van der Waals surface area contributed by atoms with E-state index in [9.17, 15) is 0 Å². The molecule has 0 aliphatic carbocycles. The molecule has 0 fully saturated rings. The molecule has 1 aromatic rings. The quantitative estimate of drug-likeness (QED) is 0.727. The fourth-order valence-corrected chi connectivity index (χ4v) is 1.05. The van der Waals surface area contributed by atoms with Crippen LogP contribution in [0.5, 0.6) is 0 Å². The van der Waals surface area contributed by atoms with E-state index in [1.807, 2.05) is 6.92 Å². The number of nitrogens with two attached hydrogens (primary N) is 1. The molecule has 1 rings (SSSR count). The molecule has 0 aromatic carbocycles. The second-order valence-corrected chi connectivity index (χ2v) is 2.63. The van der Waals surface area contributed by atoms with Crippen LogP contribution < -0.4 is 5.73 Å². The molecule has 0 bridgehead atoms. The third kappa shape index (κ3) is 1.89. The highest BCUT2D eigenvalue weighted by molar-refractivity contribution is 5.61. The molecule has 1 aromatic heterocycles. The third-order valence-corrected chi connectivity index (χ3v) is 1.66. The van der Waals surface area contributed by atoms with Crippen LogP contribution in [0.3, 0.4) is 0 Å². The third-order valence-electron chi connectivity index (χ3n) is 1.66. The van der Waals surface area contributed by atoms with Crippen LogP contribution in [0.2, 0.25) is 0 Å². The molecule has 0 atom stereocenters. The van der Waals surface area contributed by atoms with Gasteiger partial charge in [0.25, 0.3) is 0 Å². The van der Waals surface area contributed by atoms with Crippen LogP contribution >= 0.6 is 0 Å². The second-order valence-electron chi connectivity index (χ2n) is 2.63. The molecule has 0 aliphatic heterocycles. The Morgan fingerprint density at radius 2 is 2.17 bits per heavy atom. The van der Waals surface area contributed by atoms with Gasteiger partial charge in [-0.2, -0.15) is 0 Å². The fraction of sp³-hybridized carbons (Fsp3) is 0.333. The molecule has 0 radical (unpaired) electrons. The molecule has 0 amide bonds. The van der Waals surface area contributed by atoms with Crippen molar-refractivity contribution in [1.82, 2.24) is 9.97 Å². The first-order valence-corrected chi connectivity index (χ1v) is 3.91. The molecule has 0 spiro atoms. The Balaban J connectivity index is 2.87. The highest BCUT2D eigenvalue weighted by Crippen LogP contribution is 2.14. The van der Waals surface area contributed by atoms with Crippen molar-refractivity contribution in [3.8, 4) is 0 Å². The SMILES string of the molecule is C=C(CCN)c1nccnc1C. The van der Waals surface area contributed by atoms with E-state index >= 15 is 0 Å². The molecule has 12 heavy (non-hydrogen) atoms. The largest absolute Gasteiger partial charge is 0.330 e. The van der Waals surface area contributed by atoms with Crippen LogP contribution in [-0.4, -0.2) is 16.5 Å². The van der Waals surface area contributed by atoms with E-state index in [1.165, 1.54) is 0 Å². The van der Waals surface area contributed by atoms with Gasteiger partial charge in [-0.15, -0.1) is 0 Å². The van der Waals surface area contributed by atoms with Crippen molar-refractivity contribution in [2.45, 2.75) is 13.3 Å². The maximum absolute atomic E-state index is 5.41. The summed E-state index contributed by atoms with van der Waals surface area (Å²) in [6.07, 6.45) is 4.12. The van der Waals surface area contributed by atoms with Crippen molar-refractivity contribution < 1.29 is 0 Å². The predicted octanol–water partition coefficient (Wildman–Crippen LogP) is 1.15. The Bertz CT molecular complexity index is 281. The minimum absolute atomic E-state index is 0.606. The number of hydrogen-bond acceptors (Lipinski definition) is 3. The zero-order chi connectivity index (χ0) is 8.97. The molecular formula is C9H13N3. The van der Waals surface area contributed by atoms with Crippen molar-refractivity contribution >= 4 is 5.57 Å². The number of rotatable bonds is 3. The Morgan fingerprint density at radius 1 is 1.50 bits per heavy atom. The first kappa shape index (κ1) is 8.87. The normalized spacial score (nSPS) is 9.83. The van der Waals surface area contributed by atoms with Gasteiger partial charge in [-0.3, -0.25) is 9.97 Å². The van der Waals surface area contributed by atoms with Crippen molar-refractivity contribution in [2.24, 2.45) is 5.73 Å². The number of aryl methyl sites for hydroxylation is 1. The molecule has 2 N–H and O–H groups in total. The second kappa shape index (κ2) is 3.97. The first-order valence-electron chi connectivity index (χ1n) is 3.91. The van der Waals surface area contributed by atoms with Gasteiger partial charge in [0.05, 0.1) is 11.4 Å². The fourth-order valence-electron chi connectivity index (χ4n) is 1.05. The van der Waals surface area contributed by atoms with E-state index in [2.05, 4.69) is 16.5 Å². The van der Waals surface area contributed by atoms with Crippen LogP contribution in [0.15, 0.2) is 19.0 Å². The average molecular weight is 163 g/mol. The van der Waals surface area contributed by atoms with Crippen LogP contribution in [-0.2, 0) is 0 Å². The Labute approximate surface area is 72.3 Å². The topological polar surface area (TPSA) is 51.8 Å². The molecular weight excluding hydrogens is 150 g/mol. The smallest absolute Gasteiger partial charge is 0.0868 e. The van der Waals surface area contributed by atoms with Gasteiger partial charge in [0.15, 0.2) is 0 Å². The number of nitrogens with zero attached hydrogens (tertiary/aromatic N) is 2. The monoisotopic (exact) mass is 163 g/mol. The van der Waals surface area contributed by atoms with E-state index in [0.717, 1.165) is 23.4 Å². The summed E-state index contributed by atoms with van der Waals surface area (Å²) < 4.78 is 0. The van der Waals surface area contributed by atoms with Crippen LogP contribution in [0.1, 0.15) is 17.8 Å². The van der Waals surface area contributed by atoms with Gasteiger partial charge in [-0.05, 0) is 25.5 Å². The van der Waals surface area contributed by atoms with Gasteiger partial charge >= 0.3 is 0 Å². The summed E-state index contributed by atoms with van der Waals surface area (Å²) in [5, 5.41) is 0. The molecule has 3 nitrogen and oxygen atoms in total. The van der Waals surface area contributed by atoms with Gasteiger partial charge in [0.1, 0.15) is 0 Å². The molecule has 3 heteroatoms. The average Bonchev–Trinajstić information content (AvgIpc) is 2.05. The lowest BCUT2D eigenvalue weighted by Crippen LogP contribution is -2.02. The summed E-state index contributed by atoms with van der Waals surface area (Å²) in [5.41, 5.74) is 8.16. The standard InChI is InChI=1S/C9H13N3/c1-7(3-4-10)9-8(2)11-5-6-12-9/h5-6H,1,3-4,10H2,2H3. The summed E-state index contributed by atoms with van der Waals surface area (Å²) in [4.78, 5) is 8.30. The molecule has 0 saturated carbocycles. The Kier molecular flexibility index (Phi) is 2.94. The van der Waals surface area contributed by atoms with Gasteiger partial charge in [0, 0.05) is 12.4 Å². The minimum atomic E-state index is 0.606. The van der Waals surface area contributed by atoms with Crippen molar-refractivity contribution in [3.05, 3.63) is 30.4 Å². The number of hydrogen-bond donors (Lipinski definition) is 1. The minimum Gasteiger partial charge on any atom is -0.330 e. The summed E-state index contributed by atoms with van der Waals surface area (Å²) in [6, 6.07) is 0. The maximum Gasteiger partial charge on any atom is 0.0868 e. The summed E-state index contributed by atoms with van der Waals surface area (Å²) in [6.45, 7) is 6.42. The molecule has 0 saturated heterocycles. The lowest BCUT2D eigenvalue weighted by atomic mass is 10.1. The molecule has 1 heterocycles. The van der Waals surface area contributed by atoms with Crippen molar-refractivity contribution in [1.29, 1.82) is 0 Å². The van der Waals surface area contributed by atoms with E-state index in [0.29, 0.717) is 6.54 Å². The van der Waals surface area contributed by atoms with Gasteiger partial charge in [0.2, 0.25) is 0 Å². The highest BCUT2D eigenvalue weighted by atomic mass is 14.8. The first-order chi connectivity index (χ1) is 5.75. The number of aromatic nitrogens is 2. The van der Waals surface area contributed by atoms with Gasteiger partial charge in [-0.25, -0.2) is 0 Å². The molecule has 0 aliphatic rings. The lowest BCUT2D eigenvalue weighted by molar-refractivity contribution is 0.995. The Morgan fingerprint density at radius 3 is 2.75 bits per heavy atom. The van der Waals surface area contributed by atoms with Gasteiger partial charge < -0.3 is 5.73 Å². The Hall–Kier alpha value is -1.22. The molecule has 0 unspecified atom stereocenters. The maximum atomic E-state index is 5.41. The van der Waals surface area contributed by atoms with Crippen LogP contribution in [0, 0.1) is 6.92 Å². The highest BCUT2D eigenvalue weighted by Gasteiger charge is 2.02. The summed E-state index contributed by atoms with van der Waals surface area (Å²) in [7, 11) is 0. The summed E-state index contributed by atoms with van der Waals surface area (Å²) >= 11 is 0. The van der Waals surface area contributed by atoms with E-state index in [4.69, 9.17) is 5.73 Å². The summed E-state index contributed by atoms with van der Waals surface area (Å²) in [5.74, 6) is 0. The zero-order valence-electron chi connectivity index (χ0n) is 7.25. The van der Waals surface area contributed by atoms with E-state index in [-0.39, 0.29) is 0 Å². The van der Waals surface area contributed by atoms with Gasteiger partial charge in [-0.1, -0.05) is 6.58 Å². The van der Waals surface area contributed by atoms with Crippen LogP contribution in [0.25, 0.3) is 5.57 Å². The van der Waals surface area contributed by atoms with Crippen molar-refractivity contribution in [2.75, 3.05) is 6.54 Å². The lowest BCUT2D eigenvalue weighted by Gasteiger charge is -2.04. The zero-order valence-corrected chi connectivity index (χ0v) is 7.25. The molecule has 64 valence electrons. The van der Waals surface area contributed by atoms with Crippen LogP contribution in [0.4, 0.5) is 0 Å². The van der Waals surface area contributed by atoms with E-state index < -0.39 is 0 Å². The predicted molar refractivity (Wildman–Crippen MR) is 49.5 cm³/mol.